The summed E-state index contributed by atoms with van der Waals surface area (Å²) in [6.07, 6.45) is 0. The average molecular weight is 266 g/mol. The van der Waals surface area contributed by atoms with E-state index in [1.165, 1.54) is 5.56 Å². The Morgan fingerprint density at radius 2 is 1.76 bits per heavy atom. The van der Waals surface area contributed by atoms with Gasteiger partial charge in [0, 0.05) is 16.3 Å². The summed E-state index contributed by atoms with van der Waals surface area (Å²) in [7, 11) is 0. The van der Waals surface area contributed by atoms with Crippen LogP contribution in [0.5, 0.6) is 0 Å². The molecule has 0 aliphatic heterocycles. The second-order valence-electron chi connectivity index (χ2n) is 4.71. The molecule has 2 rings (SSSR count). The van der Waals surface area contributed by atoms with Crippen molar-refractivity contribution in [3.05, 3.63) is 57.2 Å². The molecule has 0 saturated carbocycles. The molecule has 1 heterocycles. The molecule has 3 heteroatoms. The average Bonchev–Trinajstić information content (AvgIpc) is 2.76. The minimum atomic E-state index is -0.102. The van der Waals surface area contributed by atoms with Gasteiger partial charge in [-0.3, -0.25) is 0 Å². The van der Waals surface area contributed by atoms with Crippen molar-refractivity contribution < 1.29 is 0 Å². The zero-order chi connectivity index (χ0) is 12.5. The number of hydrogen-bond donors (Lipinski definition) is 1. The van der Waals surface area contributed by atoms with E-state index in [0.717, 1.165) is 9.21 Å². The molecule has 0 bridgehead atoms. The standard InChI is InChI=1S/C14H16ClNS/c1-14(2,10-6-4-3-5-7-10)13(16)11-8-9-12(15)17-11/h3-9,13H,16H2,1-2H3. The van der Waals surface area contributed by atoms with Gasteiger partial charge in [-0.25, -0.2) is 0 Å². The maximum Gasteiger partial charge on any atom is 0.0931 e. The van der Waals surface area contributed by atoms with Gasteiger partial charge < -0.3 is 5.73 Å². The van der Waals surface area contributed by atoms with Crippen molar-refractivity contribution >= 4 is 22.9 Å². The van der Waals surface area contributed by atoms with E-state index in [1.54, 1.807) is 11.3 Å². The molecule has 0 radical (unpaired) electrons. The highest BCUT2D eigenvalue weighted by Gasteiger charge is 2.30. The third-order valence-corrected chi connectivity index (χ3v) is 4.51. The van der Waals surface area contributed by atoms with Gasteiger partial charge in [0.15, 0.2) is 0 Å². The lowest BCUT2D eigenvalue weighted by atomic mass is 9.77. The van der Waals surface area contributed by atoms with Gasteiger partial charge in [-0.1, -0.05) is 55.8 Å². The van der Waals surface area contributed by atoms with Crippen LogP contribution in [-0.4, -0.2) is 0 Å². The van der Waals surface area contributed by atoms with Crippen molar-refractivity contribution in [3.63, 3.8) is 0 Å². The summed E-state index contributed by atoms with van der Waals surface area (Å²) in [5.41, 5.74) is 7.52. The molecule has 1 aromatic heterocycles. The fourth-order valence-electron chi connectivity index (χ4n) is 1.90. The minimum Gasteiger partial charge on any atom is -0.323 e. The Hall–Kier alpha value is -0.830. The molecule has 0 fully saturated rings. The number of rotatable bonds is 3. The predicted molar refractivity (Wildman–Crippen MR) is 75.7 cm³/mol. The third-order valence-electron chi connectivity index (χ3n) is 3.20. The molecule has 2 aromatic rings. The molecule has 0 aliphatic rings. The van der Waals surface area contributed by atoms with E-state index in [9.17, 15) is 0 Å². The third kappa shape index (κ3) is 2.54. The Balaban J connectivity index is 2.33. The van der Waals surface area contributed by atoms with Crippen LogP contribution in [0.3, 0.4) is 0 Å². The maximum absolute atomic E-state index is 6.37. The molecule has 0 amide bonds. The van der Waals surface area contributed by atoms with E-state index in [0.29, 0.717) is 0 Å². The van der Waals surface area contributed by atoms with Crippen LogP contribution in [0.2, 0.25) is 4.34 Å². The molecule has 0 saturated heterocycles. The van der Waals surface area contributed by atoms with Crippen molar-refractivity contribution in [2.24, 2.45) is 5.73 Å². The largest absolute Gasteiger partial charge is 0.323 e. The van der Waals surface area contributed by atoms with Gasteiger partial charge in [0.1, 0.15) is 0 Å². The predicted octanol–water partition coefficient (Wildman–Crippen LogP) is 4.38. The van der Waals surface area contributed by atoms with Gasteiger partial charge in [0.25, 0.3) is 0 Å². The highest BCUT2D eigenvalue weighted by atomic mass is 35.5. The number of benzene rings is 1. The van der Waals surface area contributed by atoms with Crippen LogP contribution in [0.1, 0.15) is 30.3 Å². The Bertz CT molecular complexity index is 490. The molecular weight excluding hydrogens is 250 g/mol. The number of hydrogen-bond acceptors (Lipinski definition) is 2. The van der Waals surface area contributed by atoms with Gasteiger partial charge in [-0.15, -0.1) is 11.3 Å². The molecule has 1 nitrogen and oxygen atoms in total. The zero-order valence-electron chi connectivity index (χ0n) is 9.98. The highest BCUT2D eigenvalue weighted by molar-refractivity contribution is 7.16. The number of halogens is 1. The minimum absolute atomic E-state index is 0.0394. The van der Waals surface area contributed by atoms with Gasteiger partial charge in [0.05, 0.1) is 4.34 Å². The summed E-state index contributed by atoms with van der Waals surface area (Å²) >= 11 is 7.52. The number of thiophene rings is 1. The summed E-state index contributed by atoms with van der Waals surface area (Å²) < 4.78 is 0.791. The van der Waals surface area contributed by atoms with Crippen LogP contribution in [0.15, 0.2) is 42.5 Å². The molecular formula is C14H16ClNS. The lowest BCUT2D eigenvalue weighted by molar-refractivity contribution is 0.426. The molecule has 0 spiro atoms. The molecule has 17 heavy (non-hydrogen) atoms. The Labute approximate surface area is 111 Å². The van der Waals surface area contributed by atoms with E-state index in [2.05, 4.69) is 26.0 Å². The summed E-state index contributed by atoms with van der Waals surface area (Å²) in [4.78, 5) is 1.13. The van der Waals surface area contributed by atoms with Crippen LogP contribution in [0.25, 0.3) is 0 Å². The van der Waals surface area contributed by atoms with Gasteiger partial charge in [-0.2, -0.15) is 0 Å². The van der Waals surface area contributed by atoms with Crippen molar-refractivity contribution in [2.45, 2.75) is 25.3 Å². The molecule has 2 N–H and O–H groups in total. The van der Waals surface area contributed by atoms with E-state index in [1.807, 2.05) is 30.3 Å². The SMILES string of the molecule is CC(C)(c1ccccc1)C(N)c1ccc(Cl)s1. The smallest absolute Gasteiger partial charge is 0.0931 e. The molecule has 1 unspecified atom stereocenters. The molecule has 0 aliphatic carbocycles. The van der Waals surface area contributed by atoms with Crippen LogP contribution < -0.4 is 5.73 Å². The van der Waals surface area contributed by atoms with E-state index < -0.39 is 0 Å². The summed E-state index contributed by atoms with van der Waals surface area (Å²) in [6.45, 7) is 4.33. The highest BCUT2D eigenvalue weighted by Crippen LogP contribution is 2.38. The lowest BCUT2D eigenvalue weighted by Gasteiger charge is -2.31. The van der Waals surface area contributed by atoms with E-state index in [4.69, 9.17) is 17.3 Å². The fourth-order valence-corrected chi connectivity index (χ4v) is 3.15. The van der Waals surface area contributed by atoms with Crippen LogP contribution in [0, 0.1) is 0 Å². The number of nitrogens with two attached hydrogens (primary N) is 1. The topological polar surface area (TPSA) is 26.0 Å². The quantitative estimate of drug-likeness (QED) is 0.876. The second-order valence-corrected chi connectivity index (χ2v) is 6.45. The first-order chi connectivity index (χ1) is 8.01. The van der Waals surface area contributed by atoms with Crippen LogP contribution in [0.4, 0.5) is 0 Å². The zero-order valence-corrected chi connectivity index (χ0v) is 11.6. The molecule has 90 valence electrons. The Morgan fingerprint density at radius 1 is 1.12 bits per heavy atom. The lowest BCUT2D eigenvalue weighted by Crippen LogP contribution is -2.32. The summed E-state index contributed by atoms with van der Waals surface area (Å²) in [5.74, 6) is 0. The van der Waals surface area contributed by atoms with Gasteiger partial charge in [0.2, 0.25) is 0 Å². The maximum atomic E-state index is 6.37. The monoisotopic (exact) mass is 265 g/mol. The van der Waals surface area contributed by atoms with Crippen LogP contribution >= 0.6 is 22.9 Å². The van der Waals surface area contributed by atoms with Crippen molar-refractivity contribution in [1.82, 2.24) is 0 Å². The first kappa shape index (κ1) is 12.6. The van der Waals surface area contributed by atoms with Crippen LogP contribution in [-0.2, 0) is 5.41 Å². The Morgan fingerprint density at radius 3 is 2.29 bits per heavy atom. The Kier molecular flexibility index (Phi) is 3.57. The first-order valence-electron chi connectivity index (χ1n) is 5.58. The second kappa shape index (κ2) is 4.81. The normalized spacial score (nSPS) is 13.6. The molecule has 1 aromatic carbocycles. The van der Waals surface area contributed by atoms with Crippen molar-refractivity contribution in [1.29, 1.82) is 0 Å². The summed E-state index contributed by atoms with van der Waals surface area (Å²) in [6, 6.07) is 14.2. The van der Waals surface area contributed by atoms with Gasteiger partial charge in [-0.05, 0) is 17.7 Å². The fraction of sp³-hybridized carbons (Fsp3) is 0.286. The first-order valence-corrected chi connectivity index (χ1v) is 6.77. The molecule has 1 atom stereocenters. The van der Waals surface area contributed by atoms with Gasteiger partial charge >= 0.3 is 0 Å². The summed E-state index contributed by atoms with van der Waals surface area (Å²) in [5, 5.41) is 0. The van der Waals surface area contributed by atoms with Crippen molar-refractivity contribution in [2.75, 3.05) is 0 Å². The van der Waals surface area contributed by atoms with Crippen molar-refractivity contribution in [3.8, 4) is 0 Å². The van der Waals surface area contributed by atoms with E-state index in [-0.39, 0.29) is 11.5 Å². The van der Waals surface area contributed by atoms with E-state index >= 15 is 0 Å².